The zero-order chi connectivity index (χ0) is 12.1. The Labute approximate surface area is 103 Å². The molecule has 0 spiro atoms. The zero-order valence-corrected chi connectivity index (χ0v) is 10.4. The van der Waals surface area contributed by atoms with E-state index in [2.05, 4.69) is 31.2 Å². The van der Waals surface area contributed by atoms with Crippen LogP contribution in [0, 0.1) is 6.92 Å². The molecular weight excluding hydrogens is 212 g/mol. The largest absolute Gasteiger partial charge is 0.496 e. The average molecular weight is 232 g/mol. The van der Waals surface area contributed by atoms with Gasteiger partial charge < -0.3 is 9.84 Å². The first-order chi connectivity index (χ1) is 8.25. The summed E-state index contributed by atoms with van der Waals surface area (Å²) in [5.41, 5.74) is 2.54. The maximum atomic E-state index is 10.00. The summed E-state index contributed by atoms with van der Waals surface area (Å²) in [6.07, 6.45) is 5.28. The monoisotopic (exact) mass is 232 g/mol. The lowest BCUT2D eigenvalue weighted by Crippen LogP contribution is -2.17. The third-order valence-corrected chi connectivity index (χ3v) is 3.12. The van der Waals surface area contributed by atoms with Gasteiger partial charge >= 0.3 is 0 Å². The van der Waals surface area contributed by atoms with Crippen LogP contribution in [0.3, 0.4) is 0 Å². The Bertz CT molecular complexity index is 378. The Morgan fingerprint density at radius 1 is 1.29 bits per heavy atom. The fraction of sp³-hybridized carbons (Fsp3) is 0.467. The van der Waals surface area contributed by atoms with Crippen molar-refractivity contribution in [2.75, 3.05) is 6.61 Å². The van der Waals surface area contributed by atoms with E-state index in [1.54, 1.807) is 0 Å². The highest BCUT2D eigenvalue weighted by molar-refractivity contribution is 5.21. The third-order valence-electron chi connectivity index (χ3n) is 3.12. The minimum Gasteiger partial charge on any atom is -0.496 e. The molecule has 2 heteroatoms. The molecule has 2 rings (SSSR count). The highest BCUT2D eigenvalue weighted by atomic mass is 16.5. The molecule has 1 aliphatic rings. The second kappa shape index (κ2) is 5.87. The van der Waals surface area contributed by atoms with Crippen LogP contribution >= 0.6 is 0 Å². The van der Waals surface area contributed by atoms with Crippen molar-refractivity contribution in [3.05, 3.63) is 47.2 Å². The number of ether oxygens (including phenoxy) is 1. The number of allylic oxidation sites excluding steroid dienone is 1. The summed E-state index contributed by atoms with van der Waals surface area (Å²) in [4.78, 5) is 0. The summed E-state index contributed by atoms with van der Waals surface area (Å²) in [5.74, 6) is 0.767. The van der Waals surface area contributed by atoms with Crippen molar-refractivity contribution in [2.45, 2.75) is 38.7 Å². The fourth-order valence-corrected chi connectivity index (χ4v) is 2.01. The molecule has 2 nitrogen and oxygen atoms in total. The molecule has 1 atom stereocenters. The van der Waals surface area contributed by atoms with Crippen LogP contribution in [0.25, 0.3) is 0 Å². The van der Waals surface area contributed by atoms with Crippen molar-refractivity contribution in [2.24, 2.45) is 0 Å². The molecule has 1 aliphatic heterocycles. The molecule has 0 amide bonds. The van der Waals surface area contributed by atoms with Gasteiger partial charge in [0.05, 0.1) is 6.61 Å². The van der Waals surface area contributed by atoms with E-state index in [4.69, 9.17) is 4.74 Å². The number of rotatable bonds is 4. The maximum absolute atomic E-state index is 10.00. The molecule has 1 heterocycles. The Morgan fingerprint density at radius 2 is 2.06 bits per heavy atom. The molecule has 0 aromatic heterocycles. The second-order valence-electron chi connectivity index (χ2n) is 4.64. The molecule has 0 aliphatic carbocycles. The Balaban J connectivity index is 1.85. The van der Waals surface area contributed by atoms with Gasteiger partial charge in [0.25, 0.3) is 0 Å². The normalized spacial score (nSPS) is 17.2. The van der Waals surface area contributed by atoms with Crippen molar-refractivity contribution in [1.82, 2.24) is 0 Å². The Kier molecular flexibility index (Phi) is 4.21. The van der Waals surface area contributed by atoms with E-state index >= 15 is 0 Å². The molecule has 1 unspecified atom stereocenters. The van der Waals surface area contributed by atoms with Crippen LogP contribution in [-0.2, 0) is 11.2 Å². The van der Waals surface area contributed by atoms with Crippen molar-refractivity contribution < 1.29 is 9.84 Å². The van der Waals surface area contributed by atoms with Crippen LogP contribution in [0.15, 0.2) is 36.1 Å². The highest BCUT2D eigenvalue weighted by Gasteiger charge is 2.14. The summed E-state index contributed by atoms with van der Waals surface area (Å²) in [7, 11) is 0. The van der Waals surface area contributed by atoms with Gasteiger partial charge in [-0.15, -0.1) is 0 Å². The quantitative estimate of drug-likeness (QED) is 0.864. The fourth-order valence-electron chi connectivity index (χ4n) is 2.01. The average Bonchev–Trinajstić information content (AvgIpc) is 2.39. The van der Waals surface area contributed by atoms with Crippen molar-refractivity contribution in [3.63, 3.8) is 0 Å². The molecule has 0 fully saturated rings. The lowest BCUT2D eigenvalue weighted by atomic mass is 10.0. The first-order valence-corrected chi connectivity index (χ1v) is 6.32. The summed E-state index contributed by atoms with van der Waals surface area (Å²) >= 11 is 0. The number of aliphatic hydroxyl groups excluding tert-OH is 1. The molecule has 92 valence electrons. The minimum atomic E-state index is -0.448. The van der Waals surface area contributed by atoms with Gasteiger partial charge in [-0.05, 0) is 44.2 Å². The Morgan fingerprint density at radius 3 is 2.71 bits per heavy atom. The summed E-state index contributed by atoms with van der Waals surface area (Å²) < 4.78 is 5.46. The van der Waals surface area contributed by atoms with Crippen LogP contribution < -0.4 is 0 Å². The standard InChI is InChI=1S/C15H20O2/c1-12-5-7-13(8-6-12)9-10-14(16)15-4-2-3-11-17-15/h4-8,14,16H,2-3,9-11H2,1H3. The van der Waals surface area contributed by atoms with Gasteiger partial charge in [0.1, 0.15) is 11.9 Å². The van der Waals surface area contributed by atoms with Crippen LogP contribution in [0.1, 0.15) is 30.4 Å². The third kappa shape index (κ3) is 3.60. The zero-order valence-electron chi connectivity index (χ0n) is 10.4. The molecule has 0 saturated heterocycles. The minimum absolute atomic E-state index is 0.448. The number of hydrogen-bond acceptors (Lipinski definition) is 2. The Hall–Kier alpha value is -1.28. The lowest BCUT2D eigenvalue weighted by molar-refractivity contribution is 0.0869. The van der Waals surface area contributed by atoms with E-state index in [1.807, 2.05) is 6.08 Å². The van der Waals surface area contributed by atoms with E-state index in [0.717, 1.165) is 38.0 Å². The van der Waals surface area contributed by atoms with Gasteiger partial charge in [0, 0.05) is 0 Å². The molecule has 0 saturated carbocycles. The van der Waals surface area contributed by atoms with Gasteiger partial charge in [0.15, 0.2) is 0 Å². The molecule has 1 N–H and O–H groups in total. The number of aliphatic hydroxyl groups is 1. The van der Waals surface area contributed by atoms with Crippen LogP contribution in [0.2, 0.25) is 0 Å². The number of benzene rings is 1. The smallest absolute Gasteiger partial charge is 0.120 e. The highest BCUT2D eigenvalue weighted by Crippen LogP contribution is 2.17. The molecule has 0 bridgehead atoms. The van der Waals surface area contributed by atoms with Crippen molar-refractivity contribution in [3.8, 4) is 0 Å². The van der Waals surface area contributed by atoms with Gasteiger partial charge in [-0.25, -0.2) is 0 Å². The second-order valence-corrected chi connectivity index (χ2v) is 4.64. The predicted molar refractivity (Wildman–Crippen MR) is 68.8 cm³/mol. The SMILES string of the molecule is Cc1ccc(CCC(O)C2=CCCCO2)cc1. The number of aryl methyl sites for hydroxylation is 2. The van der Waals surface area contributed by atoms with Gasteiger partial charge in [0.2, 0.25) is 0 Å². The summed E-state index contributed by atoms with van der Waals surface area (Å²) in [5, 5.41) is 10.00. The van der Waals surface area contributed by atoms with Gasteiger partial charge in [-0.3, -0.25) is 0 Å². The van der Waals surface area contributed by atoms with Crippen LogP contribution in [-0.4, -0.2) is 17.8 Å². The lowest BCUT2D eigenvalue weighted by Gasteiger charge is -2.19. The van der Waals surface area contributed by atoms with Crippen molar-refractivity contribution in [1.29, 1.82) is 0 Å². The maximum Gasteiger partial charge on any atom is 0.120 e. The summed E-state index contributed by atoms with van der Waals surface area (Å²) in [6, 6.07) is 8.46. The molecule has 1 aromatic carbocycles. The number of hydrogen-bond donors (Lipinski definition) is 1. The topological polar surface area (TPSA) is 29.5 Å². The van der Waals surface area contributed by atoms with Crippen LogP contribution in [0.4, 0.5) is 0 Å². The van der Waals surface area contributed by atoms with Crippen LogP contribution in [0.5, 0.6) is 0 Å². The summed E-state index contributed by atoms with van der Waals surface area (Å²) in [6.45, 7) is 2.83. The van der Waals surface area contributed by atoms with Crippen molar-refractivity contribution >= 4 is 0 Å². The van der Waals surface area contributed by atoms with E-state index in [1.165, 1.54) is 11.1 Å². The predicted octanol–water partition coefficient (Wildman–Crippen LogP) is 2.98. The molecule has 17 heavy (non-hydrogen) atoms. The molecule has 1 aromatic rings. The van der Waals surface area contributed by atoms with E-state index < -0.39 is 6.10 Å². The van der Waals surface area contributed by atoms with Gasteiger partial charge in [-0.1, -0.05) is 29.8 Å². The molecule has 0 radical (unpaired) electrons. The van der Waals surface area contributed by atoms with E-state index in [9.17, 15) is 5.11 Å². The first kappa shape index (κ1) is 12.2. The van der Waals surface area contributed by atoms with E-state index in [0.29, 0.717) is 0 Å². The molecular formula is C15H20O2. The van der Waals surface area contributed by atoms with Gasteiger partial charge in [-0.2, -0.15) is 0 Å². The first-order valence-electron chi connectivity index (χ1n) is 6.32. The van der Waals surface area contributed by atoms with E-state index in [-0.39, 0.29) is 0 Å².